The Morgan fingerprint density at radius 3 is 2.71 bits per heavy atom. The van der Waals surface area contributed by atoms with Crippen LogP contribution < -0.4 is 11.1 Å². The van der Waals surface area contributed by atoms with E-state index in [1.54, 1.807) is 0 Å². The Kier molecular flexibility index (Phi) is 3.79. The van der Waals surface area contributed by atoms with Crippen LogP contribution in [0.15, 0.2) is 0 Å². The average Bonchev–Trinajstić information content (AvgIpc) is 2.72. The molecule has 0 saturated carbocycles. The summed E-state index contributed by atoms with van der Waals surface area (Å²) in [5, 5.41) is 3.39. The fourth-order valence-electron chi connectivity index (χ4n) is 2.63. The van der Waals surface area contributed by atoms with Gasteiger partial charge in [-0.1, -0.05) is 6.42 Å². The Morgan fingerprint density at radius 2 is 2.07 bits per heavy atom. The van der Waals surface area contributed by atoms with Gasteiger partial charge in [0.1, 0.15) is 0 Å². The van der Waals surface area contributed by atoms with Gasteiger partial charge in [0.15, 0.2) is 0 Å². The quantitative estimate of drug-likeness (QED) is 0.688. The molecule has 0 aromatic rings. The second-order valence-electron chi connectivity index (χ2n) is 4.78. The second-order valence-corrected chi connectivity index (χ2v) is 4.78. The summed E-state index contributed by atoms with van der Waals surface area (Å²) in [5.41, 5.74) is 6.23. The van der Waals surface area contributed by atoms with E-state index in [-0.39, 0.29) is 0 Å². The Hall–Kier alpha value is -0.120. The maximum absolute atomic E-state index is 6.23. The number of rotatable bonds is 3. The number of likely N-dealkylation sites (tertiary alicyclic amines) is 1. The van der Waals surface area contributed by atoms with Gasteiger partial charge in [-0.05, 0) is 51.4 Å². The lowest BCUT2D eigenvalue weighted by Gasteiger charge is -2.30. The van der Waals surface area contributed by atoms with Gasteiger partial charge in [0.2, 0.25) is 0 Å². The zero-order valence-electron chi connectivity index (χ0n) is 9.04. The van der Waals surface area contributed by atoms with E-state index in [1.807, 2.05) is 0 Å². The van der Waals surface area contributed by atoms with Crippen LogP contribution in [0.3, 0.4) is 0 Å². The van der Waals surface area contributed by atoms with E-state index in [0.717, 1.165) is 19.0 Å². The molecule has 82 valence electrons. The molecule has 0 bridgehead atoms. The molecule has 0 aliphatic carbocycles. The Labute approximate surface area is 87.0 Å². The molecule has 2 unspecified atom stereocenters. The van der Waals surface area contributed by atoms with Gasteiger partial charge in [-0.15, -0.1) is 0 Å². The highest BCUT2D eigenvalue weighted by molar-refractivity contribution is 4.83. The van der Waals surface area contributed by atoms with Crippen LogP contribution in [0, 0.1) is 5.92 Å². The summed E-state index contributed by atoms with van der Waals surface area (Å²) in [4.78, 5) is 2.55. The van der Waals surface area contributed by atoms with E-state index < -0.39 is 0 Å². The van der Waals surface area contributed by atoms with Crippen molar-refractivity contribution in [3.63, 3.8) is 0 Å². The SMILES string of the molecule is NC(CN1CCCCC1)C1CCNC1. The second kappa shape index (κ2) is 5.10. The fourth-order valence-corrected chi connectivity index (χ4v) is 2.63. The van der Waals surface area contributed by atoms with Crippen LogP contribution >= 0.6 is 0 Å². The van der Waals surface area contributed by atoms with Crippen molar-refractivity contribution in [1.29, 1.82) is 0 Å². The molecule has 0 aromatic heterocycles. The first-order valence-electron chi connectivity index (χ1n) is 6.05. The number of hydrogen-bond donors (Lipinski definition) is 2. The van der Waals surface area contributed by atoms with Gasteiger partial charge >= 0.3 is 0 Å². The minimum absolute atomic E-state index is 0.392. The molecule has 0 spiro atoms. The summed E-state index contributed by atoms with van der Waals surface area (Å²) in [6, 6.07) is 0.392. The first kappa shape index (κ1) is 10.4. The van der Waals surface area contributed by atoms with Crippen molar-refractivity contribution in [2.24, 2.45) is 11.7 Å². The van der Waals surface area contributed by atoms with Crippen LogP contribution in [-0.4, -0.2) is 43.7 Å². The van der Waals surface area contributed by atoms with E-state index in [0.29, 0.717) is 6.04 Å². The van der Waals surface area contributed by atoms with Crippen molar-refractivity contribution in [3.05, 3.63) is 0 Å². The summed E-state index contributed by atoms with van der Waals surface area (Å²) in [6.07, 6.45) is 5.43. The van der Waals surface area contributed by atoms with Crippen molar-refractivity contribution < 1.29 is 0 Å². The summed E-state index contributed by atoms with van der Waals surface area (Å²) in [6.45, 7) is 5.96. The van der Waals surface area contributed by atoms with E-state index in [1.165, 1.54) is 45.3 Å². The molecule has 0 radical (unpaired) electrons. The predicted octanol–water partition coefficient (Wildman–Crippen LogP) is 0.409. The zero-order valence-corrected chi connectivity index (χ0v) is 9.04. The first-order chi connectivity index (χ1) is 6.86. The molecule has 3 nitrogen and oxygen atoms in total. The Bertz CT molecular complexity index is 160. The van der Waals surface area contributed by atoms with Gasteiger partial charge in [0.25, 0.3) is 0 Å². The van der Waals surface area contributed by atoms with Crippen molar-refractivity contribution in [1.82, 2.24) is 10.2 Å². The molecule has 2 atom stereocenters. The third kappa shape index (κ3) is 2.69. The van der Waals surface area contributed by atoms with E-state index >= 15 is 0 Å². The van der Waals surface area contributed by atoms with Gasteiger partial charge in [0, 0.05) is 12.6 Å². The van der Waals surface area contributed by atoms with Crippen molar-refractivity contribution in [2.45, 2.75) is 31.7 Å². The molecular formula is C11H23N3. The average molecular weight is 197 g/mol. The Balaban J connectivity index is 1.72. The van der Waals surface area contributed by atoms with Crippen LogP contribution in [-0.2, 0) is 0 Å². The number of nitrogens with two attached hydrogens (primary N) is 1. The molecule has 2 fully saturated rings. The highest BCUT2D eigenvalue weighted by Crippen LogP contribution is 2.14. The molecule has 2 aliphatic heterocycles. The molecule has 3 N–H and O–H groups in total. The molecular weight excluding hydrogens is 174 g/mol. The third-order valence-corrected chi connectivity index (χ3v) is 3.62. The Morgan fingerprint density at radius 1 is 1.29 bits per heavy atom. The van der Waals surface area contributed by atoms with Gasteiger partial charge in [-0.3, -0.25) is 0 Å². The molecule has 2 rings (SSSR count). The monoisotopic (exact) mass is 197 g/mol. The highest BCUT2D eigenvalue weighted by Gasteiger charge is 2.23. The third-order valence-electron chi connectivity index (χ3n) is 3.62. The molecule has 2 saturated heterocycles. The lowest BCUT2D eigenvalue weighted by atomic mass is 9.98. The van der Waals surface area contributed by atoms with Crippen molar-refractivity contribution in [3.8, 4) is 0 Å². The minimum Gasteiger partial charge on any atom is -0.326 e. The van der Waals surface area contributed by atoms with Crippen LogP contribution in [0.1, 0.15) is 25.7 Å². The van der Waals surface area contributed by atoms with Crippen molar-refractivity contribution in [2.75, 3.05) is 32.7 Å². The highest BCUT2D eigenvalue weighted by atomic mass is 15.1. The van der Waals surface area contributed by atoms with Gasteiger partial charge in [-0.25, -0.2) is 0 Å². The topological polar surface area (TPSA) is 41.3 Å². The first-order valence-corrected chi connectivity index (χ1v) is 6.05. The zero-order chi connectivity index (χ0) is 9.80. The van der Waals surface area contributed by atoms with Gasteiger partial charge in [-0.2, -0.15) is 0 Å². The van der Waals surface area contributed by atoms with E-state index in [2.05, 4.69) is 10.2 Å². The summed E-state index contributed by atoms with van der Waals surface area (Å²) in [5.74, 6) is 0.719. The minimum atomic E-state index is 0.392. The largest absolute Gasteiger partial charge is 0.326 e. The molecule has 14 heavy (non-hydrogen) atoms. The van der Waals surface area contributed by atoms with E-state index in [9.17, 15) is 0 Å². The fraction of sp³-hybridized carbons (Fsp3) is 1.00. The molecule has 2 aliphatic rings. The molecule has 2 heterocycles. The maximum Gasteiger partial charge on any atom is 0.0209 e. The lowest BCUT2D eigenvalue weighted by molar-refractivity contribution is 0.199. The maximum atomic E-state index is 6.23. The van der Waals surface area contributed by atoms with Gasteiger partial charge in [0.05, 0.1) is 0 Å². The molecule has 3 heteroatoms. The van der Waals surface area contributed by atoms with E-state index in [4.69, 9.17) is 5.73 Å². The summed E-state index contributed by atoms with van der Waals surface area (Å²) < 4.78 is 0. The summed E-state index contributed by atoms with van der Waals surface area (Å²) >= 11 is 0. The van der Waals surface area contributed by atoms with Gasteiger partial charge < -0.3 is 16.0 Å². The molecule has 0 amide bonds. The number of nitrogens with zero attached hydrogens (tertiary/aromatic N) is 1. The van der Waals surface area contributed by atoms with Crippen LogP contribution in [0.5, 0.6) is 0 Å². The lowest BCUT2D eigenvalue weighted by Crippen LogP contribution is -2.44. The van der Waals surface area contributed by atoms with Crippen LogP contribution in [0.4, 0.5) is 0 Å². The van der Waals surface area contributed by atoms with Crippen molar-refractivity contribution >= 4 is 0 Å². The smallest absolute Gasteiger partial charge is 0.0209 e. The van der Waals surface area contributed by atoms with Crippen LogP contribution in [0.25, 0.3) is 0 Å². The number of nitrogens with one attached hydrogen (secondary N) is 1. The number of piperidine rings is 1. The molecule has 0 aromatic carbocycles. The summed E-state index contributed by atoms with van der Waals surface area (Å²) in [7, 11) is 0. The number of hydrogen-bond acceptors (Lipinski definition) is 3. The van der Waals surface area contributed by atoms with Crippen LogP contribution in [0.2, 0.25) is 0 Å². The standard InChI is InChI=1S/C11H23N3/c12-11(10-4-5-13-8-10)9-14-6-2-1-3-7-14/h10-11,13H,1-9,12H2. The normalized spacial score (nSPS) is 31.9. The predicted molar refractivity (Wildman–Crippen MR) is 59.2 cm³/mol.